The van der Waals surface area contributed by atoms with Crippen molar-refractivity contribution in [3.63, 3.8) is 0 Å². The number of carbonyl (C=O) groups is 1. The lowest BCUT2D eigenvalue weighted by molar-refractivity contribution is 0.191. The summed E-state index contributed by atoms with van der Waals surface area (Å²) < 4.78 is 1.90. The minimum Gasteiger partial charge on any atom is -0.340 e. The molecule has 1 aliphatic heterocycles. The third kappa shape index (κ3) is 3.29. The average molecular weight is 366 g/mol. The maximum atomic E-state index is 12.8. The van der Waals surface area contributed by atoms with E-state index in [2.05, 4.69) is 35.3 Å². The number of para-hydroxylation sites is 1. The molecule has 0 bridgehead atoms. The first-order valence-corrected chi connectivity index (χ1v) is 9.59. The van der Waals surface area contributed by atoms with E-state index in [1.54, 1.807) is 0 Å². The van der Waals surface area contributed by atoms with Crippen LogP contribution in [0.15, 0.2) is 24.4 Å². The van der Waals surface area contributed by atoms with Crippen molar-refractivity contribution in [3.05, 3.63) is 47.0 Å². The fraction of sp³-hybridized carbons (Fsp3) is 0.450. The number of aryl methyl sites for hydroxylation is 3. The lowest BCUT2D eigenvalue weighted by atomic mass is 10.2. The molecule has 0 saturated carbocycles. The van der Waals surface area contributed by atoms with Gasteiger partial charge in [0.05, 0.1) is 22.8 Å². The van der Waals surface area contributed by atoms with Gasteiger partial charge in [0.1, 0.15) is 5.82 Å². The second-order valence-electron chi connectivity index (χ2n) is 7.20. The van der Waals surface area contributed by atoms with Crippen molar-refractivity contribution in [1.29, 1.82) is 0 Å². The minimum atomic E-state index is -0.0432. The molecule has 2 N–H and O–H groups in total. The second kappa shape index (κ2) is 7.06. The maximum Gasteiger partial charge on any atom is 0.318 e. The van der Waals surface area contributed by atoms with Gasteiger partial charge in [-0.05, 0) is 45.2 Å². The quantitative estimate of drug-likeness (QED) is 0.742. The number of H-pyrrole nitrogens is 1. The molecule has 1 saturated heterocycles. The largest absolute Gasteiger partial charge is 0.340 e. The van der Waals surface area contributed by atoms with Gasteiger partial charge in [-0.3, -0.25) is 4.68 Å². The molecule has 1 aliphatic rings. The number of imidazole rings is 1. The molecule has 0 spiro atoms. The Morgan fingerprint density at radius 1 is 1.37 bits per heavy atom. The summed E-state index contributed by atoms with van der Waals surface area (Å²) in [6, 6.07) is 6.07. The first-order valence-electron chi connectivity index (χ1n) is 9.59. The molecule has 2 amide bonds. The first-order chi connectivity index (χ1) is 13.1. The molecule has 2 aromatic heterocycles. The van der Waals surface area contributed by atoms with Crippen LogP contribution < -0.4 is 5.32 Å². The number of fused-ring (bicyclic) bond motifs is 1. The molecular formula is C20H26N6O. The number of amides is 2. The third-order valence-electron chi connectivity index (χ3n) is 5.36. The van der Waals surface area contributed by atoms with Gasteiger partial charge in [0, 0.05) is 31.4 Å². The van der Waals surface area contributed by atoms with Crippen LogP contribution in [0.2, 0.25) is 0 Å². The predicted octanol–water partition coefficient (Wildman–Crippen LogP) is 3.44. The number of nitrogens with zero attached hydrogens (tertiary/aromatic N) is 4. The molecule has 1 aromatic carbocycles. The third-order valence-corrected chi connectivity index (χ3v) is 5.36. The molecule has 4 rings (SSSR count). The molecular weight excluding hydrogens is 340 g/mol. The highest BCUT2D eigenvalue weighted by atomic mass is 16.2. The topological polar surface area (TPSA) is 78.8 Å². The van der Waals surface area contributed by atoms with Gasteiger partial charge in [-0.25, -0.2) is 9.78 Å². The normalized spacial score (nSPS) is 17.0. The Morgan fingerprint density at radius 2 is 2.22 bits per heavy atom. The van der Waals surface area contributed by atoms with E-state index in [0.29, 0.717) is 6.54 Å². The van der Waals surface area contributed by atoms with Crippen molar-refractivity contribution in [2.75, 3.05) is 6.54 Å². The summed E-state index contributed by atoms with van der Waals surface area (Å²) >= 11 is 0. The fourth-order valence-electron chi connectivity index (χ4n) is 3.81. The summed E-state index contributed by atoms with van der Waals surface area (Å²) in [4.78, 5) is 22.9. The van der Waals surface area contributed by atoms with Crippen molar-refractivity contribution in [2.45, 2.75) is 52.7 Å². The van der Waals surface area contributed by atoms with E-state index < -0.39 is 0 Å². The summed E-state index contributed by atoms with van der Waals surface area (Å²) in [5, 5.41) is 7.49. The number of hydrogen-bond acceptors (Lipinski definition) is 3. The molecule has 7 heteroatoms. The SMILES string of the molecule is CCn1cc(CNC(=O)N2CCCC2c2nc3c(C)cccc3[nH]2)c(C)n1. The zero-order valence-corrected chi connectivity index (χ0v) is 16.1. The Balaban J connectivity index is 1.49. The van der Waals surface area contributed by atoms with Crippen molar-refractivity contribution >= 4 is 17.1 Å². The molecule has 0 aliphatic carbocycles. The smallest absolute Gasteiger partial charge is 0.318 e. The standard InChI is InChI=1S/C20H26N6O/c1-4-25-12-15(14(3)24-25)11-21-20(27)26-10-6-9-17(26)19-22-16-8-5-7-13(2)18(16)23-19/h5,7-8,12,17H,4,6,9-11H2,1-3H3,(H,21,27)(H,22,23). The predicted molar refractivity (Wildman–Crippen MR) is 104 cm³/mol. The summed E-state index contributed by atoms with van der Waals surface area (Å²) in [7, 11) is 0. The maximum absolute atomic E-state index is 12.8. The van der Waals surface area contributed by atoms with Crippen LogP contribution in [0.1, 0.15) is 48.5 Å². The highest BCUT2D eigenvalue weighted by Gasteiger charge is 2.32. The fourth-order valence-corrected chi connectivity index (χ4v) is 3.81. The van der Waals surface area contributed by atoms with Crippen LogP contribution in [0.4, 0.5) is 4.79 Å². The first kappa shape index (κ1) is 17.6. The van der Waals surface area contributed by atoms with E-state index in [0.717, 1.165) is 59.6 Å². The Morgan fingerprint density at radius 3 is 2.96 bits per heavy atom. The van der Waals surface area contributed by atoms with Crippen molar-refractivity contribution in [3.8, 4) is 0 Å². The lowest BCUT2D eigenvalue weighted by Gasteiger charge is -2.23. The van der Waals surface area contributed by atoms with Gasteiger partial charge in [-0.15, -0.1) is 0 Å². The van der Waals surface area contributed by atoms with Crippen LogP contribution in [-0.2, 0) is 13.1 Å². The summed E-state index contributed by atoms with van der Waals surface area (Å²) in [6.45, 7) is 8.16. The average Bonchev–Trinajstić information content (AvgIpc) is 3.37. The number of benzene rings is 1. The van der Waals surface area contributed by atoms with Crippen LogP contribution in [-0.4, -0.2) is 37.2 Å². The molecule has 1 fully saturated rings. The molecule has 1 atom stereocenters. The van der Waals surface area contributed by atoms with E-state index in [9.17, 15) is 4.79 Å². The van der Waals surface area contributed by atoms with Crippen LogP contribution >= 0.6 is 0 Å². The summed E-state index contributed by atoms with van der Waals surface area (Å²) in [5.41, 5.74) is 5.18. The molecule has 3 heterocycles. The zero-order valence-electron chi connectivity index (χ0n) is 16.1. The second-order valence-corrected chi connectivity index (χ2v) is 7.20. The van der Waals surface area contributed by atoms with E-state index in [-0.39, 0.29) is 12.1 Å². The highest BCUT2D eigenvalue weighted by Crippen LogP contribution is 2.31. The van der Waals surface area contributed by atoms with Crippen LogP contribution in [0.5, 0.6) is 0 Å². The number of likely N-dealkylation sites (tertiary alicyclic amines) is 1. The Hall–Kier alpha value is -2.83. The summed E-state index contributed by atoms with van der Waals surface area (Å²) in [5.74, 6) is 0.877. The van der Waals surface area contributed by atoms with Crippen molar-refractivity contribution in [1.82, 2.24) is 30.0 Å². The van der Waals surface area contributed by atoms with Gasteiger partial charge < -0.3 is 15.2 Å². The van der Waals surface area contributed by atoms with E-state index in [4.69, 9.17) is 4.98 Å². The Bertz CT molecular complexity index is 972. The molecule has 142 valence electrons. The molecule has 0 radical (unpaired) electrons. The van der Waals surface area contributed by atoms with E-state index >= 15 is 0 Å². The molecule has 7 nitrogen and oxygen atoms in total. The number of urea groups is 1. The number of aromatic amines is 1. The van der Waals surface area contributed by atoms with E-state index in [1.807, 2.05) is 34.8 Å². The molecule has 1 unspecified atom stereocenters. The number of hydrogen-bond donors (Lipinski definition) is 2. The molecule has 27 heavy (non-hydrogen) atoms. The molecule has 3 aromatic rings. The number of nitrogens with one attached hydrogen (secondary N) is 2. The van der Waals surface area contributed by atoms with Gasteiger partial charge in [-0.2, -0.15) is 5.10 Å². The van der Waals surface area contributed by atoms with Gasteiger partial charge >= 0.3 is 6.03 Å². The Labute approximate surface area is 158 Å². The van der Waals surface area contributed by atoms with Crippen molar-refractivity contribution in [2.24, 2.45) is 0 Å². The highest BCUT2D eigenvalue weighted by molar-refractivity contribution is 5.79. The van der Waals surface area contributed by atoms with Gasteiger partial charge in [0.25, 0.3) is 0 Å². The number of aromatic nitrogens is 4. The van der Waals surface area contributed by atoms with Crippen LogP contribution in [0, 0.1) is 13.8 Å². The lowest BCUT2D eigenvalue weighted by Crippen LogP contribution is -2.39. The van der Waals surface area contributed by atoms with Gasteiger partial charge in [0.15, 0.2) is 0 Å². The van der Waals surface area contributed by atoms with Crippen molar-refractivity contribution < 1.29 is 4.79 Å². The number of carbonyl (C=O) groups excluding carboxylic acids is 1. The number of rotatable bonds is 4. The monoisotopic (exact) mass is 366 g/mol. The minimum absolute atomic E-state index is 0.00346. The zero-order chi connectivity index (χ0) is 19.0. The van der Waals surface area contributed by atoms with E-state index in [1.165, 1.54) is 0 Å². The van der Waals surface area contributed by atoms with Crippen LogP contribution in [0.3, 0.4) is 0 Å². The van der Waals surface area contributed by atoms with Gasteiger partial charge in [0.2, 0.25) is 0 Å². The summed E-state index contributed by atoms with van der Waals surface area (Å²) in [6.07, 6.45) is 3.92. The van der Waals surface area contributed by atoms with Crippen LogP contribution in [0.25, 0.3) is 11.0 Å². The Kier molecular flexibility index (Phi) is 4.59. The van der Waals surface area contributed by atoms with Gasteiger partial charge in [-0.1, -0.05) is 12.1 Å².